The Morgan fingerprint density at radius 3 is 1.62 bits per heavy atom. The van der Waals surface area contributed by atoms with Gasteiger partial charge in [-0.25, -0.2) is 12.3 Å². The van der Waals surface area contributed by atoms with Gasteiger partial charge in [-0.15, -0.1) is 0 Å². The van der Waals surface area contributed by atoms with Gasteiger partial charge in [-0.1, -0.05) is 12.1 Å². The van der Waals surface area contributed by atoms with Crippen LogP contribution in [0.15, 0.2) is 12.1 Å². The first kappa shape index (κ1) is 10.3. The number of benzene rings is 1. The maximum Gasteiger partial charge on any atom is 0.653 e. The van der Waals surface area contributed by atoms with E-state index in [1.165, 1.54) is 12.1 Å². The third kappa shape index (κ3) is 2.12. The number of hydrogen-bond acceptors (Lipinski definition) is 0. The zero-order valence-electron chi connectivity index (χ0n) is 7.79. The molecule has 0 heterocycles. The third-order valence-corrected chi connectivity index (χ3v) is 3.20. The average Bonchev–Trinajstić information content (AvgIpc) is 1.97. The van der Waals surface area contributed by atoms with Gasteiger partial charge in [0.05, 0.1) is 0 Å². The molecule has 0 aliphatic carbocycles. The van der Waals surface area contributed by atoms with Crippen molar-refractivity contribution in [2.45, 2.75) is 20.8 Å². The van der Waals surface area contributed by atoms with Gasteiger partial charge < -0.3 is 0 Å². The molecule has 4 heteroatoms. The van der Waals surface area contributed by atoms with E-state index in [-0.39, 0.29) is 0 Å². The van der Waals surface area contributed by atoms with E-state index in [1.54, 1.807) is 13.8 Å². The Morgan fingerprint density at radius 2 is 1.31 bits per heavy atom. The summed E-state index contributed by atoms with van der Waals surface area (Å²) in [5.74, 6) is 0. The summed E-state index contributed by atoms with van der Waals surface area (Å²) in [5.41, 5.74) is 2.39. The van der Waals surface area contributed by atoms with Crippen molar-refractivity contribution in [1.29, 1.82) is 0 Å². The molecule has 0 fully saturated rings. The number of hydrogen-bond donors (Lipinski definition) is 0. The van der Waals surface area contributed by atoms with Gasteiger partial charge in [0.2, 0.25) is 0 Å². The molecule has 72 valence electrons. The molecule has 0 nitrogen and oxygen atoms in total. The van der Waals surface area contributed by atoms with Crippen LogP contribution in [0.3, 0.4) is 0 Å². The van der Waals surface area contributed by atoms with Crippen molar-refractivity contribution >= 4 is 14.3 Å². The monoisotopic (exact) mass is 204 g/mol. The van der Waals surface area contributed by atoms with Crippen molar-refractivity contribution in [3.8, 4) is 0 Å². The predicted octanol–water partition coefficient (Wildman–Crippen LogP) is 2.67. The lowest BCUT2D eigenvalue weighted by Gasteiger charge is -2.09. The topological polar surface area (TPSA) is 0 Å². The second-order valence-electron chi connectivity index (χ2n) is 3.23. The maximum atomic E-state index is 12.4. The van der Waals surface area contributed by atoms with Crippen LogP contribution in [0.2, 0.25) is 0 Å². The zero-order valence-corrected chi connectivity index (χ0v) is 8.79. The van der Waals surface area contributed by atoms with Crippen LogP contribution in [0.25, 0.3) is 0 Å². The fraction of sp³-hybridized carbons (Fsp3) is 0.333. The van der Waals surface area contributed by atoms with Crippen LogP contribution in [-0.4, -0.2) is 9.08 Å². The first-order valence-electron chi connectivity index (χ1n) is 3.97. The van der Waals surface area contributed by atoms with E-state index >= 15 is 0 Å². The summed E-state index contributed by atoms with van der Waals surface area (Å²) in [4.78, 5) is 0. The number of aryl methyl sites for hydroxylation is 2. The molecule has 0 atom stereocenters. The van der Waals surface area contributed by atoms with Crippen LogP contribution in [0, 0.1) is 20.8 Å². The van der Waals surface area contributed by atoms with Gasteiger partial charge >= 0.3 is 9.08 Å². The molecule has 0 spiro atoms. The molecule has 1 rings (SSSR count). The maximum absolute atomic E-state index is 12.4. The van der Waals surface area contributed by atoms with Crippen molar-refractivity contribution in [2.24, 2.45) is 0 Å². The van der Waals surface area contributed by atoms with Crippen molar-refractivity contribution in [2.75, 3.05) is 0 Å². The SMILES string of the molecule is Cc1cc([Si](F)(F)F)cc(C)c1C. The largest absolute Gasteiger partial charge is 0.653 e. The lowest BCUT2D eigenvalue weighted by atomic mass is 10.1. The van der Waals surface area contributed by atoms with Gasteiger partial charge in [0.1, 0.15) is 0 Å². The molecule has 13 heavy (non-hydrogen) atoms. The first-order chi connectivity index (χ1) is 5.82. The Bertz CT molecular complexity index is 305. The Labute approximate surface area is 76.9 Å². The van der Waals surface area contributed by atoms with Crippen LogP contribution in [0.1, 0.15) is 16.7 Å². The Kier molecular flexibility index (Phi) is 2.52. The highest BCUT2D eigenvalue weighted by atomic mass is 28.5. The van der Waals surface area contributed by atoms with Gasteiger partial charge in [0.25, 0.3) is 0 Å². The van der Waals surface area contributed by atoms with E-state index < -0.39 is 14.3 Å². The third-order valence-electron chi connectivity index (χ3n) is 2.25. The van der Waals surface area contributed by atoms with E-state index in [0.29, 0.717) is 0 Å². The van der Waals surface area contributed by atoms with Crippen molar-refractivity contribution < 1.29 is 12.3 Å². The Hall–Kier alpha value is -0.773. The molecule has 0 amide bonds. The summed E-state index contributed by atoms with van der Waals surface area (Å²) in [5, 5.41) is -0.423. The van der Waals surface area contributed by atoms with Gasteiger partial charge in [0, 0.05) is 5.19 Å². The molecule has 0 bridgehead atoms. The van der Waals surface area contributed by atoms with E-state index in [4.69, 9.17) is 0 Å². The lowest BCUT2D eigenvalue weighted by Crippen LogP contribution is -2.34. The molecule has 0 aromatic heterocycles. The summed E-state index contributed by atoms with van der Waals surface area (Å²) in [6, 6.07) is 2.49. The van der Waals surface area contributed by atoms with Crippen LogP contribution in [-0.2, 0) is 0 Å². The lowest BCUT2D eigenvalue weighted by molar-refractivity contribution is 0.501. The highest BCUT2D eigenvalue weighted by molar-refractivity contribution is 6.73. The summed E-state index contributed by atoms with van der Waals surface area (Å²) < 4.78 is 37.3. The number of halogens is 3. The van der Waals surface area contributed by atoms with Gasteiger partial charge in [-0.05, 0) is 37.5 Å². The molecular formula is C9H11F3Si. The Balaban J connectivity index is 3.29. The molecule has 0 N–H and O–H groups in total. The fourth-order valence-electron chi connectivity index (χ4n) is 1.20. The van der Waals surface area contributed by atoms with E-state index in [0.717, 1.165) is 16.7 Å². The predicted molar refractivity (Wildman–Crippen MR) is 49.4 cm³/mol. The van der Waals surface area contributed by atoms with Crippen LogP contribution in [0.5, 0.6) is 0 Å². The minimum Gasteiger partial charge on any atom is -0.234 e. The van der Waals surface area contributed by atoms with Gasteiger partial charge in [0.15, 0.2) is 0 Å². The molecule has 0 unspecified atom stereocenters. The molecule has 0 aliphatic heterocycles. The van der Waals surface area contributed by atoms with Crippen LogP contribution in [0.4, 0.5) is 12.3 Å². The molecule has 0 saturated heterocycles. The molecule has 0 radical (unpaired) electrons. The summed E-state index contributed by atoms with van der Waals surface area (Å²) in [6.07, 6.45) is 0. The quantitative estimate of drug-likeness (QED) is 0.487. The fourth-order valence-corrected chi connectivity index (χ4v) is 1.96. The molecule has 0 saturated carbocycles. The smallest absolute Gasteiger partial charge is 0.234 e. The molecular weight excluding hydrogens is 193 g/mol. The minimum absolute atomic E-state index is 0.423. The van der Waals surface area contributed by atoms with E-state index in [9.17, 15) is 12.3 Å². The second kappa shape index (κ2) is 3.18. The van der Waals surface area contributed by atoms with Crippen molar-refractivity contribution in [1.82, 2.24) is 0 Å². The highest BCUT2D eigenvalue weighted by Crippen LogP contribution is 2.15. The van der Waals surface area contributed by atoms with E-state index in [2.05, 4.69) is 0 Å². The molecule has 1 aromatic rings. The normalized spacial score (nSPS) is 11.8. The number of rotatable bonds is 1. The van der Waals surface area contributed by atoms with Crippen molar-refractivity contribution in [3.63, 3.8) is 0 Å². The molecule has 0 aliphatic rings. The average molecular weight is 204 g/mol. The van der Waals surface area contributed by atoms with Gasteiger partial charge in [-0.3, -0.25) is 0 Å². The van der Waals surface area contributed by atoms with Crippen LogP contribution >= 0.6 is 0 Å². The van der Waals surface area contributed by atoms with Crippen molar-refractivity contribution in [3.05, 3.63) is 28.8 Å². The first-order valence-corrected chi connectivity index (χ1v) is 5.61. The summed E-state index contributed by atoms with van der Waals surface area (Å²) in [6.45, 7) is 5.27. The van der Waals surface area contributed by atoms with Gasteiger partial charge in [-0.2, -0.15) is 0 Å². The minimum atomic E-state index is -5.62. The highest BCUT2D eigenvalue weighted by Gasteiger charge is 2.40. The Morgan fingerprint density at radius 1 is 0.923 bits per heavy atom. The summed E-state index contributed by atoms with van der Waals surface area (Å²) >= 11 is 0. The molecule has 1 aromatic carbocycles. The summed E-state index contributed by atoms with van der Waals surface area (Å²) in [7, 11) is -5.62. The van der Waals surface area contributed by atoms with Crippen LogP contribution < -0.4 is 5.19 Å². The zero-order chi connectivity index (χ0) is 10.2. The second-order valence-corrected chi connectivity index (χ2v) is 4.81. The standard InChI is InChI=1S/C9H11F3Si/c1-6-4-9(13(10,11)12)5-7(2)8(6)3/h4-5H,1-3H3. The van der Waals surface area contributed by atoms with E-state index in [1.807, 2.05) is 6.92 Å².